The van der Waals surface area contributed by atoms with Crippen LogP contribution in [0.15, 0.2) is 78.9 Å². The molecule has 26 heavy (non-hydrogen) atoms. The van der Waals surface area contributed by atoms with E-state index < -0.39 is 0 Å². The molecule has 1 saturated carbocycles. The molecule has 0 aromatic heterocycles. The van der Waals surface area contributed by atoms with Crippen molar-refractivity contribution < 1.29 is 9.90 Å². The van der Waals surface area contributed by atoms with Gasteiger partial charge in [0, 0.05) is 11.8 Å². The van der Waals surface area contributed by atoms with Gasteiger partial charge in [0.1, 0.15) is 5.75 Å². The van der Waals surface area contributed by atoms with Crippen LogP contribution >= 0.6 is 0 Å². The summed E-state index contributed by atoms with van der Waals surface area (Å²) in [6, 6.07) is 25.8. The molecule has 2 nitrogen and oxygen atoms in total. The van der Waals surface area contributed by atoms with Gasteiger partial charge in [-0.2, -0.15) is 0 Å². The summed E-state index contributed by atoms with van der Waals surface area (Å²) < 4.78 is 0. The molecule has 0 bridgehead atoms. The van der Waals surface area contributed by atoms with E-state index in [4.69, 9.17) is 0 Å². The van der Waals surface area contributed by atoms with Crippen LogP contribution in [0.5, 0.6) is 5.75 Å². The van der Waals surface area contributed by atoms with Crippen molar-refractivity contribution in [2.45, 2.75) is 25.2 Å². The maximum Gasteiger partial charge on any atom is 0.170 e. The number of ketones is 1. The Morgan fingerprint density at radius 2 is 1.50 bits per heavy atom. The van der Waals surface area contributed by atoms with Crippen molar-refractivity contribution in [3.8, 4) is 5.75 Å². The van der Waals surface area contributed by atoms with E-state index in [-0.39, 0.29) is 23.4 Å². The summed E-state index contributed by atoms with van der Waals surface area (Å²) in [6.07, 6.45) is 0.815. The minimum atomic E-state index is -0.1000. The average Bonchev–Trinajstić information content (AvgIpc) is 2.64. The van der Waals surface area contributed by atoms with E-state index in [0.29, 0.717) is 11.5 Å². The van der Waals surface area contributed by atoms with Gasteiger partial charge >= 0.3 is 0 Å². The second-order valence-electron chi connectivity index (χ2n) is 7.18. The Labute approximate surface area is 154 Å². The third-order valence-electron chi connectivity index (χ3n) is 5.57. The van der Waals surface area contributed by atoms with Gasteiger partial charge in [-0.05, 0) is 42.5 Å². The predicted molar refractivity (Wildman–Crippen MR) is 104 cm³/mol. The summed E-state index contributed by atoms with van der Waals surface area (Å²) in [7, 11) is 0. The molecule has 1 fully saturated rings. The molecule has 2 heteroatoms. The molecule has 3 aromatic rings. The molecule has 4 rings (SSSR count). The van der Waals surface area contributed by atoms with E-state index in [1.54, 1.807) is 24.3 Å². The van der Waals surface area contributed by atoms with Crippen LogP contribution in [0.1, 0.15) is 45.3 Å². The van der Waals surface area contributed by atoms with Gasteiger partial charge in [0.15, 0.2) is 5.78 Å². The second kappa shape index (κ2) is 6.80. The fourth-order valence-electron chi connectivity index (χ4n) is 4.10. The van der Waals surface area contributed by atoms with E-state index in [1.165, 1.54) is 16.7 Å². The van der Waals surface area contributed by atoms with Crippen molar-refractivity contribution >= 4 is 5.78 Å². The lowest BCUT2D eigenvalue weighted by atomic mass is 9.57. The van der Waals surface area contributed by atoms with E-state index in [0.717, 1.165) is 6.42 Å². The number of phenols is 1. The van der Waals surface area contributed by atoms with E-state index >= 15 is 0 Å². The first kappa shape index (κ1) is 16.6. The molecule has 0 saturated heterocycles. The van der Waals surface area contributed by atoms with E-state index in [9.17, 15) is 9.90 Å². The lowest BCUT2D eigenvalue weighted by Gasteiger charge is -2.45. The minimum Gasteiger partial charge on any atom is -0.507 e. The maximum absolute atomic E-state index is 13.1. The van der Waals surface area contributed by atoms with E-state index in [2.05, 4.69) is 43.3 Å². The van der Waals surface area contributed by atoms with Gasteiger partial charge < -0.3 is 5.11 Å². The summed E-state index contributed by atoms with van der Waals surface area (Å²) in [4.78, 5) is 13.1. The summed E-state index contributed by atoms with van der Waals surface area (Å²) in [5.74, 6) is 0.490. The van der Waals surface area contributed by atoms with Crippen LogP contribution in [0, 0.1) is 12.8 Å². The lowest BCUT2D eigenvalue weighted by Crippen LogP contribution is -2.38. The Bertz CT molecular complexity index is 912. The van der Waals surface area contributed by atoms with Gasteiger partial charge in [0.05, 0.1) is 5.56 Å². The smallest absolute Gasteiger partial charge is 0.170 e. The zero-order chi connectivity index (χ0) is 18.1. The molecule has 1 aliphatic rings. The van der Waals surface area contributed by atoms with Crippen molar-refractivity contribution in [2.24, 2.45) is 5.92 Å². The Balaban J connectivity index is 1.69. The molecule has 0 spiro atoms. The molecule has 0 heterocycles. The third-order valence-corrected chi connectivity index (χ3v) is 5.57. The van der Waals surface area contributed by atoms with Crippen LogP contribution in [0.3, 0.4) is 0 Å². The standard InChI is InChI=1S/C24H22O2/c1-16-11-13-17(14-12-16)20-15-21(23(20)18-7-3-2-4-8-18)24(26)19-9-5-6-10-22(19)25/h2-14,20-21,23,25H,15H2,1H3/t20-,21?,23-/m1/s1. The number of Topliss-reactive ketones (excluding diaryl/α,β-unsaturated/α-hetero) is 1. The molecule has 3 aromatic carbocycles. The zero-order valence-electron chi connectivity index (χ0n) is 14.8. The van der Waals surface area contributed by atoms with Crippen molar-refractivity contribution in [1.82, 2.24) is 0 Å². The average molecular weight is 342 g/mol. The number of benzene rings is 3. The number of phenolic OH excluding ortho intramolecular Hbond substituents is 1. The molecule has 130 valence electrons. The van der Waals surface area contributed by atoms with Crippen molar-refractivity contribution in [3.05, 3.63) is 101 Å². The number of para-hydroxylation sites is 1. The highest BCUT2D eigenvalue weighted by atomic mass is 16.3. The van der Waals surface area contributed by atoms with Crippen LogP contribution in [0.25, 0.3) is 0 Å². The van der Waals surface area contributed by atoms with Crippen LogP contribution < -0.4 is 0 Å². The van der Waals surface area contributed by atoms with Crippen molar-refractivity contribution in [2.75, 3.05) is 0 Å². The number of carbonyl (C=O) groups excluding carboxylic acids is 1. The molecule has 3 atom stereocenters. The van der Waals surface area contributed by atoms with Crippen molar-refractivity contribution in [1.29, 1.82) is 0 Å². The second-order valence-corrected chi connectivity index (χ2v) is 7.18. The molecular formula is C24H22O2. The Kier molecular flexibility index (Phi) is 4.34. The van der Waals surface area contributed by atoms with Crippen molar-refractivity contribution in [3.63, 3.8) is 0 Å². The lowest BCUT2D eigenvalue weighted by molar-refractivity contribution is 0.0778. The first-order valence-corrected chi connectivity index (χ1v) is 9.09. The van der Waals surface area contributed by atoms with Crippen LogP contribution in [0.4, 0.5) is 0 Å². The fourth-order valence-corrected chi connectivity index (χ4v) is 4.10. The topological polar surface area (TPSA) is 37.3 Å². The summed E-state index contributed by atoms with van der Waals surface area (Å²) in [6.45, 7) is 2.09. The molecule has 1 aliphatic carbocycles. The molecule has 1 unspecified atom stereocenters. The van der Waals surface area contributed by atoms with Gasteiger partial charge in [-0.1, -0.05) is 72.3 Å². The molecular weight excluding hydrogens is 320 g/mol. The highest BCUT2D eigenvalue weighted by Gasteiger charge is 2.46. The fraction of sp³-hybridized carbons (Fsp3) is 0.208. The zero-order valence-corrected chi connectivity index (χ0v) is 14.8. The largest absolute Gasteiger partial charge is 0.507 e. The number of carbonyl (C=O) groups is 1. The minimum absolute atomic E-state index is 0.0420. The Morgan fingerprint density at radius 3 is 2.19 bits per heavy atom. The van der Waals surface area contributed by atoms with Gasteiger partial charge in [0.2, 0.25) is 0 Å². The maximum atomic E-state index is 13.1. The summed E-state index contributed by atoms with van der Waals surface area (Å²) >= 11 is 0. The van der Waals surface area contributed by atoms with Crippen LogP contribution in [0.2, 0.25) is 0 Å². The number of hydrogen-bond donors (Lipinski definition) is 1. The molecule has 0 amide bonds. The van der Waals surface area contributed by atoms with Crippen LogP contribution in [-0.4, -0.2) is 10.9 Å². The summed E-state index contributed by atoms with van der Waals surface area (Å²) in [5, 5.41) is 10.1. The van der Waals surface area contributed by atoms with Gasteiger partial charge in [-0.25, -0.2) is 0 Å². The number of aromatic hydroxyl groups is 1. The highest BCUT2D eigenvalue weighted by molar-refractivity contribution is 6.01. The number of rotatable bonds is 4. The molecule has 0 aliphatic heterocycles. The van der Waals surface area contributed by atoms with Crippen LogP contribution in [-0.2, 0) is 0 Å². The molecule has 1 N–H and O–H groups in total. The summed E-state index contributed by atoms with van der Waals surface area (Å²) in [5.41, 5.74) is 4.15. The monoisotopic (exact) mass is 342 g/mol. The Morgan fingerprint density at radius 1 is 0.846 bits per heavy atom. The SMILES string of the molecule is Cc1ccc([C@H]2CC(C(=O)c3ccccc3O)[C@@H]2c2ccccc2)cc1. The number of hydrogen-bond acceptors (Lipinski definition) is 2. The third kappa shape index (κ3) is 2.92. The first-order chi connectivity index (χ1) is 12.6. The highest BCUT2D eigenvalue weighted by Crippen LogP contribution is 2.54. The normalized spacial score (nSPS) is 21.8. The van der Waals surface area contributed by atoms with Gasteiger partial charge in [-0.3, -0.25) is 4.79 Å². The van der Waals surface area contributed by atoms with Gasteiger partial charge in [-0.15, -0.1) is 0 Å². The quantitative estimate of drug-likeness (QED) is 0.638. The van der Waals surface area contributed by atoms with E-state index in [1.807, 2.05) is 18.2 Å². The number of aryl methyl sites for hydroxylation is 1. The first-order valence-electron chi connectivity index (χ1n) is 9.09. The predicted octanol–water partition coefficient (Wildman–Crippen LogP) is 5.47. The molecule has 0 radical (unpaired) electrons. The van der Waals surface area contributed by atoms with Gasteiger partial charge in [0.25, 0.3) is 0 Å². The Hall–Kier alpha value is -2.87.